The molecule has 0 aliphatic heterocycles. The van der Waals surface area contributed by atoms with Crippen LogP contribution in [0.25, 0.3) is 0 Å². The highest BCUT2D eigenvalue weighted by molar-refractivity contribution is 5.88. The number of nitrogens with zero attached hydrogens (tertiary/aromatic N) is 1. The maximum absolute atomic E-state index is 12.8. The van der Waals surface area contributed by atoms with Gasteiger partial charge >= 0.3 is 18.3 Å². The highest BCUT2D eigenvalue weighted by Crippen LogP contribution is 2.36. The first-order valence-corrected chi connectivity index (χ1v) is 6.40. The van der Waals surface area contributed by atoms with Crippen molar-refractivity contribution in [1.29, 1.82) is 0 Å². The molecule has 0 heterocycles. The lowest BCUT2D eigenvalue weighted by atomic mass is 10.0. The van der Waals surface area contributed by atoms with E-state index in [4.69, 9.17) is 0 Å². The molecule has 24 heavy (non-hydrogen) atoms. The molecule has 0 amide bonds. The van der Waals surface area contributed by atoms with Crippen molar-refractivity contribution >= 4 is 12.2 Å². The molecule has 0 bridgehead atoms. The third kappa shape index (κ3) is 4.59. The van der Waals surface area contributed by atoms with E-state index in [0.29, 0.717) is 12.1 Å². The molecule has 3 nitrogen and oxygen atoms in total. The van der Waals surface area contributed by atoms with Crippen LogP contribution in [0.1, 0.15) is 23.6 Å². The smallest absolute Gasteiger partial charge is 0.416 e. The molecule has 0 spiro atoms. The molecule has 0 aliphatic carbocycles. The van der Waals surface area contributed by atoms with Gasteiger partial charge in [0.25, 0.3) is 0 Å². The van der Waals surface area contributed by atoms with Crippen LogP contribution in [-0.4, -0.2) is 24.8 Å². The highest BCUT2D eigenvalue weighted by atomic mass is 19.4. The summed E-state index contributed by atoms with van der Waals surface area (Å²) in [5.74, 6) is -0.864. The predicted molar refractivity (Wildman–Crippen MR) is 74.7 cm³/mol. The van der Waals surface area contributed by atoms with Gasteiger partial charge in [-0.25, -0.2) is 4.79 Å². The van der Waals surface area contributed by atoms with Crippen molar-refractivity contribution in [2.24, 2.45) is 4.99 Å². The van der Waals surface area contributed by atoms with Crippen molar-refractivity contribution in [3.8, 4) is 0 Å². The molecule has 1 atom stereocenters. The van der Waals surface area contributed by atoms with E-state index in [0.717, 1.165) is 19.4 Å². The molecule has 132 valence electrons. The summed E-state index contributed by atoms with van der Waals surface area (Å²) in [6, 6.07) is 1.00. The fourth-order valence-electron chi connectivity index (χ4n) is 1.66. The predicted octanol–water partition coefficient (Wildman–Crippen LogP) is 4.26. The van der Waals surface area contributed by atoms with Gasteiger partial charge in [0.1, 0.15) is 0 Å². The number of ether oxygens (including phenoxy) is 1. The zero-order valence-electron chi connectivity index (χ0n) is 12.6. The Morgan fingerprint density at radius 2 is 1.54 bits per heavy atom. The zero-order chi connectivity index (χ0) is 18.8. The standard InChI is InChI=1S/C15H13F6NO2/c1-4-13(2,12(23)24-3)22-8-9-5-10(14(16,17)18)7-11(6-9)15(19,20)21/h4-8H,1H2,2-3H3/t13-/m0/s1. The van der Waals surface area contributed by atoms with Crippen molar-refractivity contribution in [2.45, 2.75) is 24.8 Å². The number of methoxy groups -OCH3 is 1. The fraction of sp³-hybridized carbons (Fsp3) is 0.333. The minimum Gasteiger partial charge on any atom is -0.467 e. The zero-order valence-corrected chi connectivity index (χ0v) is 12.6. The van der Waals surface area contributed by atoms with E-state index in [-0.39, 0.29) is 6.07 Å². The van der Waals surface area contributed by atoms with Gasteiger partial charge < -0.3 is 4.74 Å². The number of hydrogen-bond acceptors (Lipinski definition) is 3. The van der Waals surface area contributed by atoms with Crippen molar-refractivity contribution in [3.05, 3.63) is 47.5 Å². The van der Waals surface area contributed by atoms with Crippen LogP contribution in [0, 0.1) is 0 Å². The Morgan fingerprint density at radius 1 is 1.08 bits per heavy atom. The van der Waals surface area contributed by atoms with Gasteiger partial charge in [-0.2, -0.15) is 26.3 Å². The first-order chi connectivity index (χ1) is 10.8. The van der Waals surface area contributed by atoms with Gasteiger partial charge in [-0.05, 0) is 30.7 Å². The largest absolute Gasteiger partial charge is 0.467 e. The Balaban J connectivity index is 3.41. The summed E-state index contributed by atoms with van der Waals surface area (Å²) in [4.78, 5) is 15.3. The van der Waals surface area contributed by atoms with Gasteiger partial charge in [0.2, 0.25) is 0 Å². The molecule has 0 fully saturated rings. The number of alkyl halides is 6. The van der Waals surface area contributed by atoms with Gasteiger partial charge in [0, 0.05) is 6.21 Å². The van der Waals surface area contributed by atoms with Gasteiger partial charge in [-0.3, -0.25) is 4.99 Å². The monoisotopic (exact) mass is 353 g/mol. The van der Waals surface area contributed by atoms with Crippen molar-refractivity contribution in [3.63, 3.8) is 0 Å². The molecule has 0 N–H and O–H groups in total. The molecular weight excluding hydrogens is 340 g/mol. The van der Waals surface area contributed by atoms with E-state index in [1.807, 2.05) is 0 Å². The van der Waals surface area contributed by atoms with Crippen molar-refractivity contribution in [2.75, 3.05) is 7.11 Å². The second-order valence-corrected chi connectivity index (χ2v) is 4.94. The number of aliphatic imine (C=N–C) groups is 1. The topological polar surface area (TPSA) is 38.7 Å². The average molecular weight is 353 g/mol. The number of carbonyl (C=O) groups excluding carboxylic acids is 1. The number of rotatable bonds is 4. The van der Waals surface area contributed by atoms with Crippen molar-refractivity contribution < 1.29 is 35.9 Å². The normalized spacial score (nSPS) is 15.2. The fourth-order valence-corrected chi connectivity index (χ4v) is 1.66. The molecular formula is C15H13F6NO2. The van der Waals surface area contributed by atoms with Crippen LogP contribution in [0.5, 0.6) is 0 Å². The second-order valence-electron chi connectivity index (χ2n) is 4.94. The molecule has 0 radical (unpaired) electrons. The lowest BCUT2D eigenvalue weighted by Crippen LogP contribution is -2.32. The Hall–Kier alpha value is -2.32. The molecule has 1 aromatic carbocycles. The summed E-state index contributed by atoms with van der Waals surface area (Å²) in [5, 5.41) is 0. The van der Waals surface area contributed by atoms with E-state index in [2.05, 4.69) is 16.3 Å². The third-order valence-electron chi connectivity index (χ3n) is 3.09. The number of carbonyl (C=O) groups is 1. The van der Waals surface area contributed by atoms with E-state index in [1.54, 1.807) is 0 Å². The number of esters is 1. The molecule has 0 aromatic heterocycles. The van der Waals surface area contributed by atoms with Crippen LogP contribution in [0.2, 0.25) is 0 Å². The number of benzene rings is 1. The molecule has 0 aliphatic rings. The summed E-state index contributed by atoms with van der Waals surface area (Å²) >= 11 is 0. The number of halogens is 6. The van der Waals surface area contributed by atoms with Gasteiger partial charge in [0.15, 0.2) is 5.54 Å². The Morgan fingerprint density at radius 3 is 1.88 bits per heavy atom. The van der Waals surface area contributed by atoms with E-state index in [9.17, 15) is 31.1 Å². The van der Waals surface area contributed by atoms with Crippen LogP contribution in [0.4, 0.5) is 26.3 Å². The summed E-state index contributed by atoms with van der Waals surface area (Å²) in [6.45, 7) is 4.60. The Kier molecular flexibility index (Phi) is 5.47. The molecule has 1 aromatic rings. The van der Waals surface area contributed by atoms with E-state index in [1.165, 1.54) is 6.92 Å². The molecule has 0 saturated heterocycles. The Bertz CT molecular complexity index is 631. The first-order valence-electron chi connectivity index (χ1n) is 6.40. The first kappa shape index (κ1) is 19.7. The average Bonchev–Trinajstić information content (AvgIpc) is 2.49. The lowest BCUT2D eigenvalue weighted by Gasteiger charge is -2.17. The van der Waals surface area contributed by atoms with Crippen LogP contribution in [0.15, 0.2) is 35.8 Å². The third-order valence-corrected chi connectivity index (χ3v) is 3.09. The maximum atomic E-state index is 12.8. The SMILES string of the molecule is C=C[C@](C)(N=Cc1cc(C(F)(F)F)cc(C(F)(F)F)c1)C(=O)OC. The molecule has 0 saturated carbocycles. The van der Waals surface area contributed by atoms with Gasteiger partial charge in [-0.15, -0.1) is 6.58 Å². The Labute approximate surface area is 133 Å². The minimum atomic E-state index is -4.96. The van der Waals surface area contributed by atoms with E-state index >= 15 is 0 Å². The van der Waals surface area contributed by atoms with E-state index < -0.39 is 40.6 Å². The van der Waals surface area contributed by atoms with Crippen LogP contribution in [-0.2, 0) is 21.9 Å². The van der Waals surface area contributed by atoms with Crippen molar-refractivity contribution in [1.82, 2.24) is 0 Å². The minimum absolute atomic E-state index is 0.00431. The number of hydrogen-bond donors (Lipinski definition) is 0. The van der Waals surface area contributed by atoms with Crippen LogP contribution >= 0.6 is 0 Å². The van der Waals surface area contributed by atoms with Crippen LogP contribution < -0.4 is 0 Å². The summed E-state index contributed by atoms with van der Waals surface area (Å²) in [6.07, 6.45) is -8.13. The van der Waals surface area contributed by atoms with Crippen LogP contribution in [0.3, 0.4) is 0 Å². The molecule has 0 unspecified atom stereocenters. The van der Waals surface area contributed by atoms with Gasteiger partial charge in [-0.1, -0.05) is 6.08 Å². The second kappa shape index (κ2) is 6.66. The molecule has 9 heteroatoms. The molecule has 1 rings (SSSR count). The highest BCUT2D eigenvalue weighted by Gasteiger charge is 2.37. The summed E-state index contributed by atoms with van der Waals surface area (Å²) < 4.78 is 81.0. The maximum Gasteiger partial charge on any atom is 0.416 e. The lowest BCUT2D eigenvalue weighted by molar-refractivity contribution is -0.145. The summed E-state index contributed by atoms with van der Waals surface area (Å²) in [7, 11) is 1.06. The van der Waals surface area contributed by atoms with Gasteiger partial charge in [0.05, 0.1) is 18.2 Å². The summed E-state index contributed by atoms with van der Waals surface area (Å²) in [5.41, 5.74) is -5.05. The quantitative estimate of drug-likeness (QED) is 0.351.